The molecule has 0 spiro atoms. The summed E-state index contributed by atoms with van der Waals surface area (Å²) in [6.45, 7) is 2.61. The lowest BCUT2D eigenvalue weighted by molar-refractivity contribution is 0.0804. The first-order valence-electron chi connectivity index (χ1n) is 9.36. The minimum atomic E-state index is -0.425. The highest BCUT2D eigenvalue weighted by molar-refractivity contribution is 6.21. The Bertz CT molecular complexity index is 640. The molecule has 4 heteroatoms. The number of carbonyl (C=O) groups is 1. The Kier molecular flexibility index (Phi) is 6.19. The number of carbonyl (C=O) groups excluding carboxylic acids is 1. The smallest absolute Gasteiger partial charge is 0.163 e. The molecular weight excluding hydrogens is 336 g/mol. The molecule has 1 fully saturated rings. The van der Waals surface area contributed by atoms with Crippen LogP contribution < -0.4 is 4.74 Å². The molecular formula is C21H27ClO3. The molecule has 25 heavy (non-hydrogen) atoms. The highest BCUT2D eigenvalue weighted by Gasteiger charge is 2.41. The number of halogens is 1. The zero-order valence-corrected chi connectivity index (χ0v) is 15.5. The van der Waals surface area contributed by atoms with Crippen LogP contribution in [-0.4, -0.2) is 29.0 Å². The van der Waals surface area contributed by atoms with Crippen LogP contribution in [0.3, 0.4) is 0 Å². The molecule has 0 saturated heterocycles. The molecule has 1 aromatic carbocycles. The first kappa shape index (κ1) is 18.5. The van der Waals surface area contributed by atoms with Gasteiger partial charge in [-0.15, -0.1) is 11.6 Å². The van der Waals surface area contributed by atoms with E-state index in [0.29, 0.717) is 19.4 Å². The number of hydrogen-bond acceptors (Lipinski definition) is 3. The number of fused-ring (bicyclic) bond motifs is 1. The van der Waals surface area contributed by atoms with Crippen molar-refractivity contribution >= 4 is 17.4 Å². The molecule has 0 amide bonds. The van der Waals surface area contributed by atoms with E-state index in [-0.39, 0.29) is 23.0 Å². The maximum Gasteiger partial charge on any atom is 0.163 e. The zero-order chi connectivity index (χ0) is 17.8. The highest BCUT2D eigenvalue weighted by atomic mass is 35.5. The van der Waals surface area contributed by atoms with Crippen molar-refractivity contribution in [3.05, 3.63) is 41.5 Å². The summed E-state index contributed by atoms with van der Waals surface area (Å²) in [5, 5.41) is 10.4. The van der Waals surface area contributed by atoms with Crippen molar-refractivity contribution < 1.29 is 14.6 Å². The number of Topliss-reactive ketones (excluding diaryl/α,β-unsaturated/α-hetero) is 1. The maximum atomic E-state index is 11.9. The van der Waals surface area contributed by atoms with E-state index in [1.807, 2.05) is 18.2 Å². The summed E-state index contributed by atoms with van der Waals surface area (Å²) in [7, 11) is 0. The zero-order valence-electron chi connectivity index (χ0n) is 14.8. The van der Waals surface area contributed by atoms with Gasteiger partial charge in [0.1, 0.15) is 5.75 Å². The molecule has 1 aromatic rings. The van der Waals surface area contributed by atoms with Crippen LogP contribution in [0.2, 0.25) is 0 Å². The van der Waals surface area contributed by atoms with Gasteiger partial charge in [0.15, 0.2) is 5.78 Å². The van der Waals surface area contributed by atoms with Crippen LogP contribution in [0.5, 0.6) is 5.75 Å². The summed E-state index contributed by atoms with van der Waals surface area (Å²) in [4.78, 5) is 11.9. The first-order chi connectivity index (χ1) is 12.1. The lowest BCUT2D eigenvalue weighted by atomic mass is 9.92. The predicted molar refractivity (Wildman–Crippen MR) is 100 cm³/mol. The van der Waals surface area contributed by atoms with Crippen LogP contribution in [0.15, 0.2) is 30.4 Å². The second-order valence-electron chi connectivity index (χ2n) is 7.16. The maximum absolute atomic E-state index is 11.9. The number of aliphatic hydroxyl groups is 1. The van der Waals surface area contributed by atoms with Gasteiger partial charge in [0.25, 0.3) is 0 Å². The number of allylic oxidation sites excluding steroid dienone is 2. The largest absolute Gasteiger partial charge is 0.493 e. The average molecular weight is 363 g/mol. The van der Waals surface area contributed by atoms with Crippen molar-refractivity contribution in [1.29, 1.82) is 0 Å². The standard InChI is InChI=1S/C21H27ClO3/c1-2-3-4-5-7-14-17(20(24)12-18(14)22)13-25-21-9-6-8-15-16(21)10-11-19(15)23/h4-6,8-9,14,17-18,20,24H,2-3,7,10-13H2,1H3/b5-4-/t14-,17-,18-,20-/m1/s1. The van der Waals surface area contributed by atoms with Gasteiger partial charge in [0.05, 0.1) is 12.7 Å². The number of benzene rings is 1. The Balaban J connectivity index is 1.66. The van der Waals surface area contributed by atoms with Gasteiger partial charge in [-0.2, -0.15) is 0 Å². The summed E-state index contributed by atoms with van der Waals surface area (Å²) in [6, 6.07) is 5.67. The Morgan fingerprint density at radius 3 is 2.92 bits per heavy atom. The molecule has 2 aliphatic rings. The number of unbranched alkanes of at least 4 members (excludes halogenated alkanes) is 1. The van der Waals surface area contributed by atoms with E-state index in [1.165, 1.54) is 0 Å². The third-order valence-electron chi connectivity index (χ3n) is 5.47. The summed E-state index contributed by atoms with van der Waals surface area (Å²) >= 11 is 6.48. The topological polar surface area (TPSA) is 46.5 Å². The van der Waals surface area contributed by atoms with Crippen molar-refractivity contribution in [3.8, 4) is 5.75 Å². The van der Waals surface area contributed by atoms with E-state index in [4.69, 9.17) is 16.3 Å². The normalized spacial score (nSPS) is 28.7. The lowest BCUT2D eigenvalue weighted by Crippen LogP contribution is -2.27. The first-order valence-corrected chi connectivity index (χ1v) is 9.80. The average Bonchev–Trinajstić information content (AvgIpc) is 3.10. The van der Waals surface area contributed by atoms with E-state index in [9.17, 15) is 9.90 Å². The summed E-state index contributed by atoms with van der Waals surface area (Å²) in [6.07, 6.45) is 8.99. The van der Waals surface area contributed by atoms with Crippen LogP contribution in [0.25, 0.3) is 0 Å². The van der Waals surface area contributed by atoms with Gasteiger partial charge in [0.2, 0.25) is 0 Å². The lowest BCUT2D eigenvalue weighted by Gasteiger charge is -2.23. The van der Waals surface area contributed by atoms with Crippen LogP contribution in [0.1, 0.15) is 54.9 Å². The van der Waals surface area contributed by atoms with Gasteiger partial charge in [-0.3, -0.25) is 4.79 Å². The minimum absolute atomic E-state index is 0.0158. The van der Waals surface area contributed by atoms with Crippen LogP contribution >= 0.6 is 11.6 Å². The molecule has 1 saturated carbocycles. The molecule has 0 aromatic heterocycles. The Hall–Kier alpha value is -1.32. The van der Waals surface area contributed by atoms with E-state index in [0.717, 1.165) is 42.6 Å². The van der Waals surface area contributed by atoms with Crippen LogP contribution in [0.4, 0.5) is 0 Å². The van der Waals surface area contributed by atoms with Crippen molar-refractivity contribution in [2.45, 2.75) is 56.9 Å². The summed E-state index contributed by atoms with van der Waals surface area (Å²) < 4.78 is 6.06. The molecule has 1 N–H and O–H groups in total. The van der Waals surface area contributed by atoms with Gasteiger partial charge in [-0.1, -0.05) is 37.6 Å². The fraction of sp³-hybridized carbons (Fsp3) is 0.571. The van der Waals surface area contributed by atoms with Crippen molar-refractivity contribution in [3.63, 3.8) is 0 Å². The molecule has 2 aliphatic carbocycles. The van der Waals surface area contributed by atoms with Gasteiger partial charge < -0.3 is 9.84 Å². The molecule has 0 heterocycles. The molecule has 4 atom stereocenters. The summed E-state index contributed by atoms with van der Waals surface area (Å²) in [5.41, 5.74) is 1.81. The number of aliphatic hydroxyl groups excluding tert-OH is 1. The van der Waals surface area contributed by atoms with E-state index < -0.39 is 6.10 Å². The molecule has 0 aliphatic heterocycles. The van der Waals surface area contributed by atoms with Crippen molar-refractivity contribution in [2.75, 3.05) is 6.61 Å². The van der Waals surface area contributed by atoms with Gasteiger partial charge >= 0.3 is 0 Å². The van der Waals surface area contributed by atoms with Gasteiger partial charge in [-0.25, -0.2) is 0 Å². The summed E-state index contributed by atoms with van der Waals surface area (Å²) in [5.74, 6) is 1.24. The van der Waals surface area contributed by atoms with E-state index >= 15 is 0 Å². The van der Waals surface area contributed by atoms with E-state index in [1.54, 1.807) is 0 Å². The molecule has 3 nitrogen and oxygen atoms in total. The second kappa shape index (κ2) is 8.37. The second-order valence-corrected chi connectivity index (χ2v) is 7.72. The fourth-order valence-corrected chi connectivity index (χ4v) is 4.48. The number of rotatable bonds is 7. The quantitative estimate of drug-likeness (QED) is 0.572. The minimum Gasteiger partial charge on any atom is -0.493 e. The number of ether oxygens (including phenoxy) is 1. The monoisotopic (exact) mass is 362 g/mol. The Morgan fingerprint density at radius 2 is 2.12 bits per heavy atom. The Morgan fingerprint density at radius 1 is 1.28 bits per heavy atom. The molecule has 0 bridgehead atoms. The molecule has 3 rings (SSSR count). The predicted octanol–water partition coefficient (Wildman–Crippen LogP) is 4.55. The van der Waals surface area contributed by atoms with Gasteiger partial charge in [0, 0.05) is 28.8 Å². The van der Waals surface area contributed by atoms with E-state index in [2.05, 4.69) is 19.1 Å². The third kappa shape index (κ3) is 4.09. The molecule has 0 unspecified atom stereocenters. The van der Waals surface area contributed by atoms with Gasteiger partial charge in [-0.05, 0) is 37.7 Å². The molecule has 0 radical (unpaired) electrons. The molecule has 136 valence electrons. The fourth-order valence-electron chi connectivity index (χ4n) is 4.01. The van der Waals surface area contributed by atoms with Crippen LogP contribution in [0, 0.1) is 11.8 Å². The van der Waals surface area contributed by atoms with Crippen molar-refractivity contribution in [2.24, 2.45) is 11.8 Å². The number of hydrogen-bond donors (Lipinski definition) is 1. The Labute approximate surface area is 155 Å². The number of ketones is 1. The number of alkyl halides is 1. The van der Waals surface area contributed by atoms with Crippen molar-refractivity contribution in [1.82, 2.24) is 0 Å². The third-order valence-corrected chi connectivity index (χ3v) is 5.97. The van der Waals surface area contributed by atoms with Crippen LogP contribution in [-0.2, 0) is 6.42 Å². The SMILES string of the molecule is CCC/C=C\C[C@@H]1[C@@H](COc2cccc3c2CCC3=O)[C@H](O)C[C@H]1Cl. The highest BCUT2D eigenvalue weighted by Crippen LogP contribution is 2.39.